The quantitative estimate of drug-likeness (QED) is 0.847. The lowest BCUT2D eigenvalue weighted by Crippen LogP contribution is -2.46. The van der Waals surface area contributed by atoms with Crippen LogP contribution in [0.1, 0.15) is 43.9 Å². The van der Waals surface area contributed by atoms with Crippen LogP contribution in [-0.2, 0) is 17.8 Å². The standard InChI is InChI=1S/C13H19N3O4/c1-8-6-16-9(5-10(14-16)11(17)18)7-15(8)12(19)20-13(2,3)4/h5,8H,6-7H2,1-4H3,(H,17,18)/t8-/m0/s1. The predicted octanol–water partition coefficient (Wildman–Crippen LogP) is 1.72. The summed E-state index contributed by atoms with van der Waals surface area (Å²) >= 11 is 0. The lowest BCUT2D eigenvalue weighted by Gasteiger charge is -2.35. The van der Waals surface area contributed by atoms with E-state index in [4.69, 9.17) is 9.84 Å². The molecule has 0 fully saturated rings. The molecule has 1 atom stereocenters. The zero-order valence-electron chi connectivity index (χ0n) is 12.1. The van der Waals surface area contributed by atoms with Gasteiger partial charge in [0.2, 0.25) is 0 Å². The summed E-state index contributed by atoms with van der Waals surface area (Å²) in [6.45, 7) is 8.08. The monoisotopic (exact) mass is 281 g/mol. The highest BCUT2D eigenvalue weighted by Gasteiger charge is 2.31. The van der Waals surface area contributed by atoms with Gasteiger partial charge in [0.25, 0.3) is 0 Å². The molecular formula is C13H19N3O4. The number of carboxylic acids is 1. The number of nitrogens with zero attached hydrogens (tertiary/aromatic N) is 3. The average Bonchev–Trinajstić information content (AvgIpc) is 2.68. The molecule has 0 unspecified atom stereocenters. The molecule has 1 aliphatic rings. The second-order valence-electron chi connectivity index (χ2n) is 5.97. The summed E-state index contributed by atoms with van der Waals surface area (Å²) in [5, 5.41) is 13.0. The molecule has 1 aromatic heterocycles. The van der Waals surface area contributed by atoms with E-state index >= 15 is 0 Å². The number of hydrogen-bond acceptors (Lipinski definition) is 4. The van der Waals surface area contributed by atoms with Gasteiger partial charge >= 0.3 is 12.1 Å². The molecule has 0 radical (unpaired) electrons. The van der Waals surface area contributed by atoms with Crippen molar-refractivity contribution in [2.24, 2.45) is 0 Å². The molecule has 1 amide bonds. The van der Waals surface area contributed by atoms with Gasteiger partial charge in [-0.1, -0.05) is 0 Å². The first-order valence-electron chi connectivity index (χ1n) is 6.47. The molecule has 1 N–H and O–H groups in total. The van der Waals surface area contributed by atoms with Gasteiger partial charge in [0.05, 0.1) is 24.8 Å². The summed E-state index contributed by atoms with van der Waals surface area (Å²) in [5.41, 5.74) is 0.144. The SMILES string of the molecule is C[C@H]1Cn2nc(C(=O)O)cc2CN1C(=O)OC(C)(C)C. The Bertz CT molecular complexity index is 544. The number of rotatable bonds is 1. The van der Waals surface area contributed by atoms with Crippen molar-refractivity contribution >= 4 is 12.1 Å². The number of carboxylic acid groups (broad SMARTS) is 1. The molecule has 20 heavy (non-hydrogen) atoms. The molecular weight excluding hydrogens is 262 g/mol. The van der Waals surface area contributed by atoms with Crippen molar-refractivity contribution in [1.82, 2.24) is 14.7 Å². The molecule has 2 rings (SSSR count). The molecule has 0 bridgehead atoms. The van der Waals surface area contributed by atoms with Crippen molar-refractivity contribution in [2.75, 3.05) is 0 Å². The lowest BCUT2D eigenvalue weighted by molar-refractivity contribution is 0.00901. The van der Waals surface area contributed by atoms with E-state index in [1.54, 1.807) is 9.58 Å². The summed E-state index contributed by atoms with van der Waals surface area (Å²) in [4.78, 5) is 24.6. The molecule has 0 aliphatic carbocycles. The van der Waals surface area contributed by atoms with E-state index in [0.717, 1.165) is 0 Å². The lowest BCUT2D eigenvalue weighted by atomic mass is 10.2. The van der Waals surface area contributed by atoms with Crippen LogP contribution in [0.25, 0.3) is 0 Å². The first kappa shape index (κ1) is 14.4. The number of fused-ring (bicyclic) bond motifs is 1. The smallest absolute Gasteiger partial charge is 0.410 e. The van der Waals surface area contributed by atoms with E-state index < -0.39 is 17.7 Å². The highest BCUT2D eigenvalue weighted by molar-refractivity contribution is 5.85. The zero-order chi connectivity index (χ0) is 15.1. The number of aromatic nitrogens is 2. The number of ether oxygens (including phenoxy) is 1. The zero-order valence-corrected chi connectivity index (χ0v) is 12.1. The fraction of sp³-hybridized carbons (Fsp3) is 0.615. The van der Waals surface area contributed by atoms with Gasteiger partial charge in [-0.2, -0.15) is 5.10 Å². The van der Waals surface area contributed by atoms with Crippen LogP contribution in [-0.4, -0.2) is 43.5 Å². The van der Waals surface area contributed by atoms with Gasteiger partial charge in [-0.15, -0.1) is 0 Å². The van der Waals surface area contributed by atoms with Gasteiger partial charge in [0.1, 0.15) is 5.60 Å². The number of carbonyl (C=O) groups is 2. The Morgan fingerprint density at radius 3 is 2.65 bits per heavy atom. The Balaban J connectivity index is 2.18. The third kappa shape index (κ3) is 2.92. The third-order valence-electron chi connectivity index (χ3n) is 3.01. The molecule has 1 aliphatic heterocycles. The first-order chi connectivity index (χ1) is 9.17. The van der Waals surface area contributed by atoms with Crippen molar-refractivity contribution in [3.05, 3.63) is 17.5 Å². The first-order valence-corrected chi connectivity index (χ1v) is 6.47. The Hall–Kier alpha value is -2.05. The van der Waals surface area contributed by atoms with Gasteiger partial charge < -0.3 is 9.84 Å². The second-order valence-corrected chi connectivity index (χ2v) is 5.97. The van der Waals surface area contributed by atoms with Crippen molar-refractivity contribution in [1.29, 1.82) is 0 Å². The minimum atomic E-state index is -1.07. The molecule has 7 heteroatoms. The van der Waals surface area contributed by atoms with Crippen LogP contribution < -0.4 is 0 Å². The molecule has 0 aromatic carbocycles. The van der Waals surface area contributed by atoms with Crippen molar-refractivity contribution < 1.29 is 19.4 Å². The van der Waals surface area contributed by atoms with Gasteiger partial charge in [0, 0.05) is 0 Å². The molecule has 110 valence electrons. The van der Waals surface area contributed by atoms with Gasteiger partial charge in [-0.3, -0.25) is 9.58 Å². The van der Waals surface area contributed by atoms with Crippen LogP contribution in [0.5, 0.6) is 0 Å². The van der Waals surface area contributed by atoms with E-state index in [-0.39, 0.29) is 11.7 Å². The van der Waals surface area contributed by atoms with Gasteiger partial charge in [-0.25, -0.2) is 9.59 Å². The maximum Gasteiger partial charge on any atom is 0.410 e. The topological polar surface area (TPSA) is 84.7 Å². The minimum Gasteiger partial charge on any atom is -0.476 e. The van der Waals surface area contributed by atoms with E-state index in [1.807, 2.05) is 27.7 Å². The summed E-state index contributed by atoms with van der Waals surface area (Å²) < 4.78 is 6.99. The van der Waals surface area contributed by atoms with Crippen LogP contribution in [0.2, 0.25) is 0 Å². The molecule has 2 heterocycles. The van der Waals surface area contributed by atoms with Crippen molar-refractivity contribution in [2.45, 2.75) is 52.4 Å². The van der Waals surface area contributed by atoms with E-state index in [2.05, 4.69) is 5.10 Å². The normalized spacial score (nSPS) is 18.6. The number of amides is 1. The number of carbonyl (C=O) groups excluding carboxylic acids is 1. The predicted molar refractivity (Wildman–Crippen MR) is 70.4 cm³/mol. The molecule has 7 nitrogen and oxygen atoms in total. The van der Waals surface area contributed by atoms with Crippen LogP contribution in [0, 0.1) is 0 Å². The summed E-state index contributed by atoms with van der Waals surface area (Å²) in [6, 6.07) is 1.39. The Morgan fingerprint density at radius 1 is 1.45 bits per heavy atom. The largest absolute Gasteiger partial charge is 0.476 e. The third-order valence-corrected chi connectivity index (χ3v) is 3.01. The number of aromatic carboxylic acids is 1. The number of hydrogen-bond donors (Lipinski definition) is 1. The summed E-state index contributed by atoms with van der Waals surface area (Å²) in [7, 11) is 0. The molecule has 0 saturated carbocycles. The minimum absolute atomic E-state index is 0.00163. The van der Waals surface area contributed by atoms with Gasteiger partial charge in [-0.05, 0) is 33.8 Å². The highest BCUT2D eigenvalue weighted by Crippen LogP contribution is 2.21. The van der Waals surface area contributed by atoms with Crippen molar-refractivity contribution in [3.8, 4) is 0 Å². The molecule has 0 spiro atoms. The van der Waals surface area contributed by atoms with Crippen LogP contribution in [0.15, 0.2) is 6.07 Å². The fourth-order valence-electron chi connectivity index (χ4n) is 2.09. The summed E-state index contributed by atoms with van der Waals surface area (Å²) in [6.07, 6.45) is -0.394. The van der Waals surface area contributed by atoms with Crippen LogP contribution in [0.3, 0.4) is 0 Å². The van der Waals surface area contributed by atoms with Crippen molar-refractivity contribution in [3.63, 3.8) is 0 Å². The van der Waals surface area contributed by atoms with E-state index in [1.165, 1.54) is 6.07 Å². The average molecular weight is 281 g/mol. The van der Waals surface area contributed by atoms with Gasteiger partial charge in [0.15, 0.2) is 5.69 Å². The maximum absolute atomic E-state index is 12.1. The Kier molecular flexibility index (Phi) is 3.45. The van der Waals surface area contributed by atoms with E-state index in [9.17, 15) is 9.59 Å². The second kappa shape index (κ2) is 4.81. The van der Waals surface area contributed by atoms with Crippen LogP contribution >= 0.6 is 0 Å². The Morgan fingerprint density at radius 2 is 2.10 bits per heavy atom. The molecule has 1 aromatic rings. The highest BCUT2D eigenvalue weighted by atomic mass is 16.6. The van der Waals surface area contributed by atoms with Crippen LogP contribution in [0.4, 0.5) is 4.79 Å². The Labute approximate surface area is 117 Å². The molecule has 0 saturated heterocycles. The van der Waals surface area contributed by atoms with E-state index in [0.29, 0.717) is 18.8 Å². The summed E-state index contributed by atoms with van der Waals surface area (Å²) in [5.74, 6) is -1.07. The fourth-order valence-corrected chi connectivity index (χ4v) is 2.09. The maximum atomic E-state index is 12.1.